The van der Waals surface area contributed by atoms with Crippen LogP contribution < -0.4 is 10.6 Å². The molecule has 82 valence electrons. The van der Waals surface area contributed by atoms with Crippen LogP contribution in [0.1, 0.15) is 9.88 Å². The first-order valence-corrected chi connectivity index (χ1v) is 5.52. The van der Waals surface area contributed by atoms with Crippen LogP contribution in [0.4, 0.5) is 4.79 Å². The molecule has 0 fully saturated rings. The van der Waals surface area contributed by atoms with E-state index in [0.29, 0.717) is 6.54 Å². The van der Waals surface area contributed by atoms with Crippen LogP contribution in [0.5, 0.6) is 0 Å². The zero-order valence-electron chi connectivity index (χ0n) is 8.04. The number of aryl methyl sites for hydroxylation is 1. The summed E-state index contributed by atoms with van der Waals surface area (Å²) in [5.41, 5.74) is 0. The number of carbonyl (C=O) groups is 2. The fourth-order valence-electron chi connectivity index (χ4n) is 0.843. The molecule has 0 aliphatic carbocycles. The summed E-state index contributed by atoms with van der Waals surface area (Å²) in [7, 11) is 0. The minimum Gasteiger partial charge on any atom is -0.331 e. The number of hydrogen-bond donors (Lipinski definition) is 2. The van der Waals surface area contributed by atoms with Gasteiger partial charge in [0.2, 0.25) is 5.91 Å². The fraction of sp³-hybridized carbons (Fsp3) is 0.375. The van der Waals surface area contributed by atoms with E-state index in [1.165, 1.54) is 11.3 Å². The largest absolute Gasteiger partial charge is 0.331 e. The molecular formula is C8H10ClN3O2S. The average Bonchev–Trinajstić information content (AvgIpc) is 2.61. The molecule has 0 atom stereocenters. The molecule has 0 bridgehead atoms. The van der Waals surface area contributed by atoms with E-state index in [1.54, 1.807) is 6.20 Å². The topological polar surface area (TPSA) is 71.1 Å². The molecule has 1 heterocycles. The Kier molecular flexibility index (Phi) is 4.51. The Hall–Kier alpha value is -1.14. The van der Waals surface area contributed by atoms with Crippen LogP contribution in [0.25, 0.3) is 0 Å². The molecule has 0 aliphatic heterocycles. The first kappa shape index (κ1) is 11.9. The maximum Gasteiger partial charge on any atom is 0.321 e. The molecule has 15 heavy (non-hydrogen) atoms. The predicted octanol–water partition coefficient (Wildman–Crippen LogP) is 1.02. The molecule has 3 amide bonds. The Bertz CT molecular complexity index is 367. The number of hydrogen-bond acceptors (Lipinski definition) is 4. The summed E-state index contributed by atoms with van der Waals surface area (Å²) < 4.78 is 0. The van der Waals surface area contributed by atoms with Crippen LogP contribution in [0.3, 0.4) is 0 Å². The number of aromatic nitrogens is 1. The van der Waals surface area contributed by atoms with E-state index in [4.69, 9.17) is 11.6 Å². The van der Waals surface area contributed by atoms with Gasteiger partial charge in [-0.15, -0.1) is 22.9 Å². The lowest BCUT2D eigenvalue weighted by molar-refractivity contribution is -0.117. The van der Waals surface area contributed by atoms with Gasteiger partial charge in [-0.25, -0.2) is 9.78 Å². The number of nitrogens with zero attached hydrogens (tertiary/aromatic N) is 1. The van der Waals surface area contributed by atoms with Gasteiger partial charge in [-0.1, -0.05) is 0 Å². The van der Waals surface area contributed by atoms with E-state index in [9.17, 15) is 9.59 Å². The zero-order valence-corrected chi connectivity index (χ0v) is 9.61. The quantitative estimate of drug-likeness (QED) is 0.784. The molecular weight excluding hydrogens is 238 g/mol. The number of amides is 3. The van der Waals surface area contributed by atoms with Crippen molar-refractivity contribution >= 4 is 34.9 Å². The highest BCUT2D eigenvalue weighted by Gasteiger charge is 2.06. The van der Waals surface area contributed by atoms with E-state index < -0.39 is 11.9 Å². The summed E-state index contributed by atoms with van der Waals surface area (Å²) in [4.78, 5) is 26.9. The number of alkyl halides is 1. The molecule has 0 saturated carbocycles. The van der Waals surface area contributed by atoms with Gasteiger partial charge in [-0.05, 0) is 6.92 Å². The molecule has 2 N–H and O–H groups in total. The van der Waals surface area contributed by atoms with E-state index in [0.717, 1.165) is 9.88 Å². The van der Waals surface area contributed by atoms with Crippen LogP contribution in [0, 0.1) is 6.92 Å². The molecule has 0 spiro atoms. The Morgan fingerprint density at radius 2 is 2.33 bits per heavy atom. The Morgan fingerprint density at radius 1 is 1.60 bits per heavy atom. The Balaban J connectivity index is 2.31. The molecule has 1 aromatic rings. The van der Waals surface area contributed by atoms with Gasteiger partial charge >= 0.3 is 6.03 Å². The van der Waals surface area contributed by atoms with E-state index in [1.807, 2.05) is 6.92 Å². The molecule has 7 heteroatoms. The van der Waals surface area contributed by atoms with Crippen molar-refractivity contribution in [1.82, 2.24) is 15.6 Å². The number of nitrogens with one attached hydrogen (secondary N) is 2. The van der Waals surface area contributed by atoms with Crippen molar-refractivity contribution < 1.29 is 9.59 Å². The molecule has 0 aliphatic rings. The summed E-state index contributed by atoms with van der Waals surface area (Å²) in [6, 6.07) is -0.562. The normalized spacial score (nSPS) is 9.73. The van der Waals surface area contributed by atoms with Crippen molar-refractivity contribution in [2.75, 3.05) is 5.88 Å². The van der Waals surface area contributed by atoms with Crippen molar-refractivity contribution in [2.45, 2.75) is 13.5 Å². The van der Waals surface area contributed by atoms with Crippen molar-refractivity contribution in [1.29, 1.82) is 0 Å². The molecule has 0 radical (unpaired) electrons. The number of urea groups is 1. The molecule has 0 aromatic carbocycles. The van der Waals surface area contributed by atoms with Crippen molar-refractivity contribution in [3.8, 4) is 0 Å². The van der Waals surface area contributed by atoms with Gasteiger partial charge in [-0.2, -0.15) is 0 Å². The molecule has 0 saturated heterocycles. The maximum absolute atomic E-state index is 11.1. The van der Waals surface area contributed by atoms with E-state index >= 15 is 0 Å². The Labute approximate surface area is 95.8 Å². The monoisotopic (exact) mass is 247 g/mol. The first-order valence-electron chi connectivity index (χ1n) is 4.16. The third-order valence-electron chi connectivity index (χ3n) is 1.44. The summed E-state index contributed by atoms with van der Waals surface area (Å²) in [6.45, 7) is 2.23. The molecule has 5 nitrogen and oxygen atoms in total. The zero-order chi connectivity index (χ0) is 11.3. The number of thiazole rings is 1. The third kappa shape index (κ3) is 4.26. The number of imide groups is 1. The van der Waals surface area contributed by atoms with Gasteiger partial charge in [0.25, 0.3) is 0 Å². The highest BCUT2D eigenvalue weighted by Crippen LogP contribution is 2.10. The van der Waals surface area contributed by atoms with Crippen LogP contribution in [0.2, 0.25) is 0 Å². The second kappa shape index (κ2) is 5.67. The minimum absolute atomic E-state index is 0.232. The lowest BCUT2D eigenvalue weighted by Gasteiger charge is -2.02. The van der Waals surface area contributed by atoms with E-state index in [2.05, 4.69) is 15.6 Å². The molecule has 0 unspecified atom stereocenters. The third-order valence-corrected chi connectivity index (χ3v) is 2.60. The summed E-state index contributed by atoms with van der Waals surface area (Å²) in [6.07, 6.45) is 1.73. The SMILES string of the molecule is Cc1cnc(CNC(=O)NC(=O)CCl)s1. The van der Waals surface area contributed by atoms with Crippen LogP contribution >= 0.6 is 22.9 Å². The number of rotatable bonds is 3. The van der Waals surface area contributed by atoms with Crippen LogP contribution in [-0.2, 0) is 11.3 Å². The van der Waals surface area contributed by atoms with Crippen molar-refractivity contribution in [3.05, 3.63) is 16.1 Å². The average molecular weight is 248 g/mol. The van der Waals surface area contributed by atoms with Crippen molar-refractivity contribution in [2.24, 2.45) is 0 Å². The standard InChI is InChI=1S/C8H10ClN3O2S/c1-5-3-10-7(15-5)4-11-8(14)12-6(13)2-9/h3H,2,4H2,1H3,(H2,11,12,13,14). The number of halogens is 1. The van der Waals surface area contributed by atoms with Gasteiger partial charge in [0.15, 0.2) is 0 Å². The highest BCUT2D eigenvalue weighted by atomic mass is 35.5. The summed E-state index contributed by atoms with van der Waals surface area (Å²) >= 11 is 6.70. The summed E-state index contributed by atoms with van der Waals surface area (Å²) in [5.74, 6) is -0.756. The van der Waals surface area contributed by atoms with E-state index in [-0.39, 0.29) is 5.88 Å². The fourth-order valence-corrected chi connectivity index (χ4v) is 1.64. The van der Waals surface area contributed by atoms with Gasteiger partial charge in [0.05, 0.1) is 6.54 Å². The second-order valence-electron chi connectivity index (χ2n) is 2.73. The maximum atomic E-state index is 11.1. The van der Waals surface area contributed by atoms with Gasteiger partial charge in [0.1, 0.15) is 10.9 Å². The van der Waals surface area contributed by atoms with Gasteiger partial charge in [0, 0.05) is 11.1 Å². The molecule has 1 rings (SSSR count). The van der Waals surface area contributed by atoms with Crippen LogP contribution in [0.15, 0.2) is 6.20 Å². The minimum atomic E-state index is -0.562. The predicted molar refractivity (Wildman–Crippen MR) is 57.9 cm³/mol. The second-order valence-corrected chi connectivity index (χ2v) is 4.32. The molecule has 1 aromatic heterocycles. The number of carbonyl (C=O) groups excluding carboxylic acids is 2. The highest BCUT2D eigenvalue weighted by molar-refractivity contribution is 7.11. The van der Waals surface area contributed by atoms with Gasteiger partial charge < -0.3 is 5.32 Å². The lowest BCUT2D eigenvalue weighted by atomic mass is 10.6. The lowest BCUT2D eigenvalue weighted by Crippen LogP contribution is -2.39. The Morgan fingerprint density at radius 3 is 2.87 bits per heavy atom. The van der Waals surface area contributed by atoms with Crippen molar-refractivity contribution in [3.63, 3.8) is 0 Å². The smallest absolute Gasteiger partial charge is 0.321 e. The summed E-state index contributed by atoms with van der Waals surface area (Å²) in [5, 5.41) is 5.35. The van der Waals surface area contributed by atoms with Gasteiger partial charge in [-0.3, -0.25) is 10.1 Å². The first-order chi connectivity index (χ1) is 7.11. The van der Waals surface area contributed by atoms with Crippen LogP contribution in [-0.4, -0.2) is 22.8 Å².